The molecule has 0 heterocycles. The number of benzene rings is 5. The summed E-state index contributed by atoms with van der Waals surface area (Å²) in [6.07, 6.45) is 4.06. The zero-order chi connectivity index (χ0) is 37.0. The minimum Gasteiger partial charge on any atom is -0.488 e. The van der Waals surface area contributed by atoms with Crippen molar-refractivity contribution < 1.29 is 23.8 Å². The summed E-state index contributed by atoms with van der Waals surface area (Å²) >= 11 is 0. The van der Waals surface area contributed by atoms with Gasteiger partial charge >= 0.3 is 5.97 Å². The third kappa shape index (κ3) is 10.2. The Kier molecular flexibility index (Phi) is 12.7. The fourth-order valence-electron chi connectivity index (χ4n) is 6.53. The molecule has 0 aromatic heterocycles. The summed E-state index contributed by atoms with van der Waals surface area (Å²) in [5.41, 5.74) is 6.87. The van der Waals surface area contributed by atoms with Gasteiger partial charge in [-0.25, -0.2) is 4.79 Å². The van der Waals surface area contributed by atoms with Gasteiger partial charge in [0.1, 0.15) is 36.9 Å². The van der Waals surface area contributed by atoms with E-state index >= 15 is 0 Å². The van der Waals surface area contributed by atoms with Crippen LogP contribution in [0.5, 0.6) is 11.5 Å². The third-order valence-corrected chi connectivity index (χ3v) is 9.50. The number of allylic oxidation sites excluding steroid dienone is 1. The predicted molar refractivity (Wildman–Crippen MR) is 209 cm³/mol. The number of carbonyl (C=O) groups excluding carboxylic acids is 2. The van der Waals surface area contributed by atoms with E-state index in [-0.39, 0.29) is 18.0 Å². The molecule has 1 fully saturated rings. The number of rotatable bonds is 16. The van der Waals surface area contributed by atoms with Crippen molar-refractivity contribution in [1.29, 1.82) is 0 Å². The SMILES string of the molecule is C=C(C)c1cc(C(=O)N(C)Cc2ccc(CN[C@H](C(=O)OC3CCCC3)c3ccccc3)cc2)c(OCc2ccccc2)cc1OCc1ccccc1. The van der Waals surface area contributed by atoms with Gasteiger partial charge in [-0.1, -0.05) is 122 Å². The zero-order valence-electron chi connectivity index (χ0n) is 30.6. The Morgan fingerprint density at radius 3 is 1.81 bits per heavy atom. The van der Waals surface area contributed by atoms with Crippen molar-refractivity contribution in [2.45, 2.75) is 71.1 Å². The summed E-state index contributed by atoms with van der Waals surface area (Å²) < 4.78 is 18.5. The van der Waals surface area contributed by atoms with Crippen LogP contribution in [0, 0.1) is 0 Å². The number of hydrogen-bond donors (Lipinski definition) is 1. The van der Waals surface area contributed by atoms with Crippen LogP contribution in [0.25, 0.3) is 5.57 Å². The van der Waals surface area contributed by atoms with Gasteiger partial charge in [-0.2, -0.15) is 0 Å². The summed E-state index contributed by atoms with van der Waals surface area (Å²) in [7, 11) is 1.79. The summed E-state index contributed by atoms with van der Waals surface area (Å²) in [6.45, 7) is 7.64. The first kappa shape index (κ1) is 37.1. The molecule has 5 aromatic rings. The van der Waals surface area contributed by atoms with Crippen molar-refractivity contribution in [3.8, 4) is 11.5 Å². The maximum atomic E-state index is 14.1. The van der Waals surface area contributed by atoms with Crippen LogP contribution < -0.4 is 14.8 Å². The maximum Gasteiger partial charge on any atom is 0.328 e. The Morgan fingerprint density at radius 1 is 0.717 bits per heavy atom. The van der Waals surface area contributed by atoms with Crippen LogP contribution >= 0.6 is 0 Å². The van der Waals surface area contributed by atoms with E-state index in [0.29, 0.717) is 43.4 Å². The van der Waals surface area contributed by atoms with Crippen molar-refractivity contribution in [1.82, 2.24) is 10.2 Å². The number of nitrogens with zero attached hydrogens (tertiary/aromatic N) is 1. The fourth-order valence-corrected chi connectivity index (χ4v) is 6.53. The topological polar surface area (TPSA) is 77.1 Å². The molecule has 7 heteroatoms. The van der Waals surface area contributed by atoms with Gasteiger partial charge < -0.3 is 19.1 Å². The lowest BCUT2D eigenvalue weighted by atomic mass is 10.0. The standard InChI is InChI=1S/C46H48N2O5/c1-33(2)40-27-41(43(52-32-37-17-9-5-10-18-37)28-42(40)51-31-36-15-7-4-8-16-36)45(49)48(3)30-35-25-23-34(24-26-35)29-47-44(38-19-11-6-12-20-38)46(50)53-39-21-13-14-22-39/h4-12,15-20,23-28,39,44,47H,1,13-14,21-22,29-32H2,2-3H3/t44-/m0/s1. The molecular weight excluding hydrogens is 661 g/mol. The van der Waals surface area contributed by atoms with Crippen molar-refractivity contribution in [2.75, 3.05) is 7.05 Å². The molecule has 5 aromatic carbocycles. The highest BCUT2D eigenvalue weighted by atomic mass is 16.5. The van der Waals surface area contributed by atoms with E-state index in [9.17, 15) is 9.59 Å². The third-order valence-electron chi connectivity index (χ3n) is 9.50. The molecule has 1 aliphatic carbocycles. The molecule has 1 saturated carbocycles. The first-order chi connectivity index (χ1) is 25.8. The van der Waals surface area contributed by atoms with Crippen LogP contribution in [0.4, 0.5) is 0 Å². The molecule has 0 saturated heterocycles. The van der Waals surface area contributed by atoms with Gasteiger partial charge in [0.2, 0.25) is 0 Å². The Balaban J connectivity index is 1.15. The van der Waals surface area contributed by atoms with Crippen molar-refractivity contribution >= 4 is 17.4 Å². The molecule has 272 valence electrons. The Labute approximate surface area is 313 Å². The molecule has 0 unspecified atom stereocenters. The lowest BCUT2D eigenvalue weighted by Gasteiger charge is -2.22. The van der Waals surface area contributed by atoms with E-state index in [1.165, 1.54) is 0 Å². The van der Waals surface area contributed by atoms with E-state index in [4.69, 9.17) is 14.2 Å². The second-order valence-corrected chi connectivity index (χ2v) is 13.7. The molecule has 0 radical (unpaired) electrons. The monoisotopic (exact) mass is 708 g/mol. The van der Waals surface area contributed by atoms with Gasteiger partial charge in [-0.15, -0.1) is 0 Å². The molecule has 1 amide bonds. The largest absolute Gasteiger partial charge is 0.488 e. The Bertz CT molecular complexity index is 1960. The number of ether oxygens (including phenoxy) is 3. The van der Waals surface area contributed by atoms with Gasteiger partial charge in [0.05, 0.1) is 5.56 Å². The number of esters is 1. The molecular formula is C46H48N2O5. The van der Waals surface area contributed by atoms with Crippen LogP contribution in [0.15, 0.2) is 134 Å². The lowest BCUT2D eigenvalue weighted by Crippen LogP contribution is -2.32. The normalized spacial score (nSPS) is 13.2. The van der Waals surface area contributed by atoms with Crippen molar-refractivity contribution in [3.05, 3.63) is 173 Å². The molecule has 0 aliphatic heterocycles. The van der Waals surface area contributed by atoms with Crippen LogP contribution in [0.1, 0.15) is 82.4 Å². The molecule has 0 spiro atoms. The van der Waals surface area contributed by atoms with Gasteiger partial charge in [0, 0.05) is 31.8 Å². The first-order valence-electron chi connectivity index (χ1n) is 18.3. The van der Waals surface area contributed by atoms with Crippen LogP contribution in [0.3, 0.4) is 0 Å². The minimum absolute atomic E-state index is 0.000656. The van der Waals surface area contributed by atoms with E-state index < -0.39 is 6.04 Å². The van der Waals surface area contributed by atoms with Crippen LogP contribution in [-0.4, -0.2) is 29.9 Å². The highest BCUT2D eigenvalue weighted by molar-refractivity contribution is 5.98. The average Bonchev–Trinajstić information content (AvgIpc) is 3.70. The highest BCUT2D eigenvalue weighted by Gasteiger charge is 2.27. The van der Waals surface area contributed by atoms with Gasteiger partial charge in [0.25, 0.3) is 5.91 Å². The van der Waals surface area contributed by atoms with E-state index in [2.05, 4.69) is 11.9 Å². The summed E-state index contributed by atoms with van der Waals surface area (Å²) in [4.78, 5) is 29.1. The Morgan fingerprint density at radius 2 is 1.25 bits per heavy atom. The number of hydrogen-bond acceptors (Lipinski definition) is 6. The molecule has 6 rings (SSSR count). The zero-order valence-corrected chi connectivity index (χ0v) is 30.6. The number of amides is 1. The first-order valence-corrected chi connectivity index (χ1v) is 18.3. The van der Waals surface area contributed by atoms with Gasteiger partial charge in [-0.05, 0) is 72.1 Å². The molecule has 1 N–H and O–H groups in total. The minimum atomic E-state index is -0.558. The number of carbonyl (C=O) groups is 2. The summed E-state index contributed by atoms with van der Waals surface area (Å²) in [6, 6.07) is 40.7. The number of nitrogens with one attached hydrogen (secondary N) is 1. The second-order valence-electron chi connectivity index (χ2n) is 13.7. The average molecular weight is 709 g/mol. The highest BCUT2D eigenvalue weighted by Crippen LogP contribution is 2.35. The fraction of sp³-hybridized carbons (Fsp3) is 0.261. The quantitative estimate of drug-likeness (QED) is 0.103. The molecule has 7 nitrogen and oxygen atoms in total. The van der Waals surface area contributed by atoms with Gasteiger partial charge in [0.15, 0.2) is 0 Å². The van der Waals surface area contributed by atoms with Gasteiger partial charge in [-0.3, -0.25) is 10.1 Å². The van der Waals surface area contributed by atoms with E-state index in [1.54, 1.807) is 11.9 Å². The molecule has 1 aliphatic rings. The van der Waals surface area contributed by atoms with Crippen LogP contribution in [0.2, 0.25) is 0 Å². The van der Waals surface area contributed by atoms with Crippen molar-refractivity contribution in [2.24, 2.45) is 0 Å². The lowest BCUT2D eigenvalue weighted by molar-refractivity contribution is -0.151. The van der Waals surface area contributed by atoms with E-state index in [1.807, 2.05) is 134 Å². The maximum absolute atomic E-state index is 14.1. The molecule has 53 heavy (non-hydrogen) atoms. The van der Waals surface area contributed by atoms with Crippen molar-refractivity contribution in [3.63, 3.8) is 0 Å². The smallest absolute Gasteiger partial charge is 0.328 e. The predicted octanol–water partition coefficient (Wildman–Crippen LogP) is 9.47. The van der Waals surface area contributed by atoms with E-state index in [0.717, 1.165) is 64.6 Å². The second kappa shape index (κ2) is 18.2. The summed E-state index contributed by atoms with van der Waals surface area (Å²) in [5.74, 6) is 0.633. The van der Waals surface area contributed by atoms with Crippen LogP contribution in [-0.2, 0) is 35.8 Å². The molecule has 0 bridgehead atoms. The molecule has 1 atom stereocenters. The Hall–Kier alpha value is -5.66. The summed E-state index contributed by atoms with van der Waals surface area (Å²) in [5, 5.41) is 3.42.